The predicted molar refractivity (Wildman–Crippen MR) is 77.9 cm³/mol. The molecule has 110 valence electrons. The van der Waals surface area contributed by atoms with E-state index in [1.165, 1.54) is 18.6 Å². The largest absolute Gasteiger partial charge is 0.336 e. The average molecular weight is 278 g/mol. The molecule has 1 aliphatic rings. The molecule has 1 amide bonds. The van der Waals surface area contributed by atoms with Crippen molar-refractivity contribution in [1.29, 1.82) is 0 Å². The van der Waals surface area contributed by atoms with Gasteiger partial charge in [-0.3, -0.25) is 4.79 Å². The van der Waals surface area contributed by atoms with Crippen molar-refractivity contribution in [3.8, 4) is 0 Å². The standard InChI is InChI=1S/C16H23FN2O/c1-2-19(15-9-4-3-6-13(15)11-18)16(20)12-7-5-8-14(17)10-12/h5,7-8,10,13,15H,2-4,6,9,11,18H2,1H3. The van der Waals surface area contributed by atoms with E-state index < -0.39 is 0 Å². The second-order valence-electron chi connectivity index (χ2n) is 5.45. The lowest BCUT2D eigenvalue weighted by Gasteiger charge is -2.39. The van der Waals surface area contributed by atoms with Crippen LogP contribution in [0.3, 0.4) is 0 Å². The number of carbonyl (C=O) groups excluding carboxylic acids is 1. The highest BCUT2D eigenvalue weighted by molar-refractivity contribution is 5.94. The Bertz CT molecular complexity index is 464. The number of nitrogens with two attached hydrogens (primary N) is 1. The van der Waals surface area contributed by atoms with Crippen LogP contribution in [0.5, 0.6) is 0 Å². The van der Waals surface area contributed by atoms with E-state index in [9.17, 15) is 9.18 Å². The molecule has 3 nitrogen and oxygen atoms in total. The molecule has 1 saturated carbocycles. The Balaban J connectivity index is 2.20. The molecule has 0 bridgehead atoms. The van der Waals surface area contributed by atoms with Crippen LogP contribution in [0.1, 0.15) is 43.0 Å². The van der Waals surface area contributed by atoms with Crippen molar-refractivity contribution in [2.24, 2.45) is 11.7 Å². The summed E-state index contributed by atoms with van der Waals surface area (Å²) < 4.78 is 13.3. The molecule has 2 unspecified atom stereocenters. The summed E-state index contributed by atoms with van der Waals surface area (Å²) >= 11 is 0. The number of hydrogen-bond acceptors (Lipinski definition) is 2. The molecule has 0 aromatic heterocycles. The molecule has 1 fully saturated rings. The number of amides is 1. The summed E-state index contributed by atoms with van der Waals surface area (Å²) in [5.41, 5.74) is 6.28. The van der Waals surface area contributed by atoms with E-state index in [1.54, 1.807) is 12.1 Å². The molecule has 0 spiro atoms. The van der Waals surface area contributed by atoms with E-state index in [2.05, 4.69) is 0 Å². The highest BCUT2D eigenvalue weighted by atomic mass is 19.1. The minimum absolute atomic E-state index is 0.0858. The van der Waals surface area contributed by atoms with Crippen molar-refractivity contribution >= 4 is 5.91 Å². The first-order chi connectivity index (χ1) is 9.67. The van der Waals surface area contributed by atoms with Gasteiger partial charge in [0.2, 0.25) is 0 Å². The summed E-state index contributed by atoms with van der Waals surface area (Å²) in [5.74, 6) is -0.0931. The Morgan fingerprint density at radius 3 is 2.80 bits per heavy atom. The van der Waals surface area contributed by atoms with Gasteiger partial charge in [0.25, 0.3) is 5.91 Å². The van der Waals surface area contributed by atoms with E-state index in [-0.39, 0.29) is 17.8 Å². The predicted octanol–water partition coefficient (Wildman–Crippen LogP) is 2.81. The summed E-state index contributed by atoms with van der Waals surface area (Å²) in [7, 11) is 0. The van der Waals surface area contributed by atoms with Crippen molar-refractivity contribution in [3.63, 3.8) is 0 Å². The molecule has 2 atom stereocenters. The van der Waals surface area contributed by atoms with E-state index in [0.717, 1.165) is 19.3 Å². The molecule has 20 heavy (non-hydrogen) atoms. The van der Waals surface area contributed by atoms with Gasteiger partial charge in [0, 0.05) is 18.2 Å². The fourth-order valence-corrected chi connectivity index (χ4v) is 3.19. The highest BCUT2D eigenvalue weighted by Gasteiger charge is 2.31. The molecular weight excluding hydrogens is 255 g/mol. The maximum atomic E-state index is 13.3. The van der Waals surface area contributed by atoms with Crippen molar-refractivity contribution in [2.75, 3.05) is 13.1 Å². The minimum Gasteiger partial charge on any atom is -0.336 e. The third-order valence-electron chi connectivity index (χ3n) is 4.25. The number of halogens is 1. The smallest absolute Gasteiger partial charge is 0.254 e. The van der Waals surface area contributed by atoms with E-state index in [1.807, 2.05) is 11.8 Å². The molecule has 2 N–H and O–H groups in total. The highest BCUT2D eigenvalue weighted by Crippen LogP contribution is 2.28. The van der Waals surface area contributed by atoms with Crippen LogP contribution in [0.4, 0.5) is 4.39 Å². The van der Waals surface area contributed by atoms with Gasteiger partial charge in [-0.05, 0) is 50.4 Å². The van der Waals surface area contributed by atoms with Crippen LogP contribution in [0.2, 0.25) is 0 Å². The zero-order valence-electron chi connectivity index (χ0n) is 12.0. The van der Waals surface area contributed by atoms with Crippen molar-refractivity contribution in [3.05, 3.63) is 35.6 Å². The van der Waals surface area contributed by atoms with Gasteiger partial charge in [0.05, 0.1) is 0 Å². The number of carbonyl (C=O) groups is 1. The molecule has 1 aromatic carbocycles. The lowest BCUT2D eigenvalue weighted by atomic mass is 9.83. The first kappa shape index (κ1) is 15.0. The van der Waals surface area contributed by atoms with E-state index in [0.29, 0.717) is 24.6 Å². The van der Waals surface area contributed by atoms with Crippen molar-refractivity contribution < 1.29 is 9.18 Å². The van der Waals surface area contributed by atoms with Crippen LogP contribution in [0.15, 0.2) is 24.3 Å². The number of benzene rings is 1. The summed E-state index contributed by atoms with van der Waals surface area (Å²) in [6.45, 7) is 3.22. The molecule has 0 aliphatic heterocycles. The molecule has 1 aromatic rings. The molecular formula is C16H23FN2O. The summed E-state index contributed by atoms with van der Waals surface area (Å²) in [4.78, 5) is 14.5. The second-order valence-corrected chi connectivity index (χ2v) is 5.45. The van der Waals surface area contributed by atoms with Gasteiger partial charge in [0.1, 0.15) is 5.82 Å². The fraction of sp³-hybridized carbons (Fsp3) is 0.562. The molecule has 2 rings (SSSR count). The molecule has 4 heteroatoms. The summed E-state index contributed by atoms with van der Waals surface area (Å²) in [5, 5.41) is 0. The van der Waals surface area contributed by atoms with Gasteiger partial charge in [-0.25, -0.2) is 4.39 Å². The van der Waals surface area contributed by atoms with Crippen LogP contribution in [0, 0.1) is 11.7 Å². The third kappa shape index (κ3) is 3.18. The first-order valence-electron chi connectivity index (χ1n) is 7.44. The maximum Gasteiger partial charge on any atom is 0.254 e. The van der Waals surface area contributed by atoms with Gasteiger partial charge >= 0.3 is 0 Å². The summed E-state index contributed by atoms with van der Waals surface area (Å²) in [6.07, 6.45) is 4.39. The number of rotatable bonds is 4. The van der Waals surface area contributed by atoms with Crippen LogP contribution >= 0.6 is 0 Å². The van der Waals surface area contributed by atoms with Gasteiger partial charge in [-0.15, -0.1) is 0 Å². The Kier molecular flexibility index (Phi) is 5.12. The maximum absolute atomic E-state index is 13.3. The Morgan fingerprint density at radius 2 is 2.15 bits per heavy atom. The Labute approximate surface area is 120 Å². The van der Waals surface area contributed by atoms with Crippen LogP contribution in [-0.4, -0.2) is 29.9 Å². The van der Waals surface area contributed by atoms with Gasteiger partial charge in [0.15, 0.2) is 0 Å². The van der Waals surface area contributed by atoms with E-state index >= 15 is 0 Å². The first-order valence-corrected chi connectivity index (χ1v) is 7.44. The Morgan fingerprint density at radius 1 is 1.40 bits per heavy atom. The zero-order valence-corrected chi connectivity index (χ0v) is 12.0. The molecule has 0 radical (unpaired) electrons. The lowest BCUT2D eigenvalue weighted by molar-refractivity contribution is 0.0559. The van der Waals surface area contributed by atoms with E-state index in [4.69, 9.17) is 5.73 Å². The number of nitrogens with zero attached hydrogens (tertiary/aromatic N) is 1. The molecule has 1 aliphatic carbocycles. The van der Waals surface area contributed by atoms with Crippen LogP contribution in [-0.2, 0) is 0 Å². The zero-order chi connectivity index (χ0) is 14.5. The lowest BCUT2D eigenvalue weighted by Crippen LogP contribution is -2.48. The molecule has 0 saturated heterocycles. The normalized spacial score (nSPS) is 22.6. The average Bonchev–Trinajstić information content (AvgIpc) is 2.48. The molecule has 0 heterocycles. The minimum atomic E-state index is -0.370. The van der Waals surface area contributed by atoms with Crippen LogP contribution in [0.25, 0.3) is 0 Å². The second kappa shape index (κ2) is 6.84. The van der Waals surface area contributed by atoms with Gasteiger partial charge < -0.3 is 10.6 Å². The Hall–Kier alpha value is -1.42. The topological polar surface area (TPSA) is 46.3 Å². The number of hydrogen-bond donors (Lipinski definition) is 1. The van der Waals surface area contributed by atoms with Gasteiger partial charge in [-0.2, -0.15) is 0 Å². The van der Waals surface area contributed by atoms with Crippen molar-refractivity contribution in [2.45, 2.75) is 38.6 Å². The quantitative estimate of drug-likeness (QED) is 0.920. The monoisotopic (exact) mass is 278 g/mol. The van der Waals surface area contributed by atoms with Gasteiger partial charge in [-0.1, -0.05) is 18.9 Å². The fourth-order valence-electron chi connectivity index (χ4n) is 3.19. The third-order valence-corrected chi connectivity index (χ3v) is 4.25. The van der Waals surface area contributed by atoms with Crippen LogP contribution < -0.4 is 5.73 Å². The summed E-state index contributed by atoms with van der Waals surface area (Å²) in [6, 6.07) is 6.11. The SMILES string of the molecule is CCN(C(=O)c1cccc(F)c1)C1CCCCC1CN. The van der Waals surface area contributed by atoms with Crippen molar-refractivity contribution in [1.82, 2.24) is 4.90 Å².